The fourth-order valence-corrected chi connectivity index (χ4v) is 6.29. The van der Waals surface area contributed by atoms with Crippen LogP contribution in [0.15, 0.2) is 72.8 Å². The van der Waals surface area contributed by atoms with Crippen molar-refractivity contribution in [2.75, 3.05) is 7.05 Å². The van der Waals surface area contributed by atoms with Gasteiger partial charge >= 0.3 is 16.1 Å². The van der Waals surface area contributed by atoms with Crippen molar-refractivity contribution in [3.63, 3.8) is 0 Å². The Labute approximate surface area is 317 Å². The molecule has 276 valence electrons. The minimum absolute atomic E-state index is 0.0828. The van der Waals surface area contributed by atoms with Gasteiger partial charge in [-0.1, -0.05) is 112 Å². The van der Waals surface area contributed by atoms with Gasteiger partial charge in [0.2, 0.25) is 0 Å². The van der Waals surface area contributed by atoms with Crippen LogP contribution in [0, 0.1) is 5.92 Å². The maximum atomic E-state index is 12.5. The van der Waals surface area contributed by atoms with Crippen molar-refractivity contribution >= 4 is 84.0 Å². The zero-order valence-electron chi connectivity index (χ0n) is 29.2. The van der Waals surface area contributed by atoms with Crippen LogP contribution in [0.3, 0.4) is 0 Å². The predicted molar refractivity (Wildman–Crippen MR) is 205 cm³/mol. The third-order valence-corrected chi connectivity index (χ3v) is 9.16. The number of halogens is 3. The minimum Gasteiger partial charge on any atom is -0.323 e. The van der Waals surface area contributed by atoms with Gasteiger partial charge in [-0.2, -0.15) is 24.8 Å². The maximum absolute atomic E-state index is 12.5. The van der Waals surface area contributed by atoms with Gasteiger partial charge in [-0.25, -0.2) is 4.79 Å². The number of hydrogen-bond acceptors (Lipinski definition) is 9. The Bertz CT molecular complexity index is 1970. The van der Waals surface area contributed by atoms with Gasteiger partial charge in [0, 0.05) is 13.1 Å². The lowest BCUT2D eigenvalue weighted by molar-refractivity contribution is 0.172. The highest BCUT2D eigenvalue weighted by atomic mass is 35.5. The number of carbonyl (C=O) groups excluding carboxylic acids is 3. The van der Waals surface area contributed by atoms with E-state index in [9.17, 15) is 9.59 Å². The summed E-state index contributed by atoms with van der Waals surface area (Å²) in [7, 11) is 1.87. The largest absolute Gasteiger partial charge is 0.346 e. The molecule has 0 radical (unpaired) electrons. The predicted octanol–water partition coefficient (Wildman–Crippen LogP) is 9.82. The number of benzene rings is 3. The second-order valence-electron chi connectivity index (χ2n) is 12.4. The summed E-state index contributed by atoms with van der Waals surface area (Å²) >= 11 is 14.0. The van der Waals surface area contributed by atoms with Gasteiger partial charge in [0.05, 0.1) is 11.0 Å². The van der Waals surface area contributed by atoms with E-state index in [0.717, 1.165) is 45.5 Å². The van der Waals surface area contributed by atoms with Crippen molar-refractivity contribution in [2.45, 2.75) is 83.6 Å². The molecule has 3 aromatic carbocycles. The van der Waals surface area contributed by atoms with E-state index in [2.05, 4.69) is 66.2 Å². The summed E-state index contributed by atoms with van der Waals surface area (Å²) in [5.41, 5.74) is 4.64. The molecule has 2 saturated carbocycles. The van der Waals surface area contributed by atoms with Gasteiger partial charge in [0.25, 0.3) is 0 Å². The second-order valence-corrected chi connectivity index (χ2v) is 13.6. The number of aromatic amines is 1. The van der Waals surface area contributed by atoms with E-state index in [0.29, 0.717) is 17.1 Å². The van der Waals surface area contributed by atoms with Crippen LogP contribution in [-0.4, -0.2) is 79.5 Å². The number of hydrogen-bond donors (Lipinski definition) is 1. The van der Waals surface area contributed by atoms with Crippen molar-refractivity contribution in [3.8, 4) is 0 Å². The van der Waals surface area contributed by atoms with Crippen LogP contribution in [0.5, 0.6) is 0 Å². The third kappa shape index (κ3) is 12.1. The molecule has 0 unspecified atom stereocenters. The van der Waals surface area contributed by atoms with Crippen LogP contribution in [-0.2, 0) is 0 Å². The Morgan fingerprint density at radius 2 is 1.10 bits per heavy atom. The first-order chi connectivity index (χ1) is 25.2. The average molecular weight is 770 g/mol. The Kier molecular flexibility index (Phi) is 16.4. The molecule has 0 saturated heterocycles. The summed E-state index contributed by atoms with van der Waals surface area (Å²) in [4.78, 5) is 34.0. The highest BCUT2D eigenvalue weighted by Gasteiger charge is 2.24. The lowest BCUT2D eigenvalue weighted by Crippen LogP contribution is -2.41. The van der Waals surface area contributed by atoms with Crippen molar-refractivity contribution in [1.29, 1.82) is 0 Å². The van der Waals surface area contributed by atoms with E-state index in [-0.39, 0.29) is 6.03 Å². The fraction of sp³-hybridized carbons (Fsp3) is 0.417. The van der Waals surface area contributed by atoms with Crippen LogP contribution in [0.1, 0.15) is 77.6 Å². The van der Waals surface area contributed by atoms with Crippen molar-refractivity contribution in [2.24, 2.45) is 5.92 Å². The second kappa shape index (κ2) is 21.2. The summed E-state index contributed by atoms with van der Waals surface area (Å²) < 4.78 is 1.57. The lowest BCUT2D eigenvalue weighted by Gasteiger charge is -2.30. The van der Waals surface area contributed by atoms with E-state index in [1.807, 2.05) is 66.5 Å². The van der Waals surface area contributed by atoms with Gasteiger partial charge in [-0.05, 0) is 90.0 Å². The molecule has 0 atom stereocenters. The molecular formula is C36H43Cl3N10O3. The zero-order valence-corrected chi connectivity index (χ0v) is 31.5. The molecule has 3 heterocycles. The lowest BCUT2D eigenvalue weighted by atomic mass is 9.88. The number of para-hydroxylation sites is 4. The molecule has 0 aliphatic heterocycles. The van der Waals surface area contributed by atoms with Crippen LogP contribution in [0.2, 0.25) is 0 Å². The quantitative estimate of drug-likeness (QED) is 0.169. The van der Waals surface area contributed by atoms with Gasteiger partial charge in [0.1, 0.15) is 22.1 Å². The average Bonchev–Trinajstić information content (AvgIpc) is 3.94. The molecule has 0 spiro atoms. The van der Waals surface area contributed by atoms with Gasteiger partial charge < -0.3 is 4.90 Å². The van der Waals surface area contributed by atoms with E-state index < -0.39 is 10.1 Å². The van der Waals surface area contributed by atoms with Crippen LogP contribution in [0.25, 0.3) is 33.1 Å². The molecule has 2 fully saturated rings. The molecule has 1 amide bonds. The molecule has 0 bridgehead atoms. The number of nitrogens with one attached hydrogen (secondary N) is 1. The highest BCUT2D eigenvalue weighted by molar-refractivity contribution is 6.93. The Morgan fingerprint density at radius 3 is 1.56 bits per heavy atom. The van der Waals surface area contributed by atoms with Crippen molar-refractivity contribution < 1.29 is 14.4 Å². The molecule has 3 aromatic heterocycles. The molecule has 16 heteroatoms. The van der Waals surface area contributed by atoms with Crippen molar-refractivity contribution in [3.05, 3.63) is 72.8 Å². The summed E-state index contributed by atoms with van der Waals surface area (Å²) in [6.07, 6.45) is 14.8. The first-order valence-corrected chi connectivity index (χ1v) is 18.5. The Balaban J connectivity index is 0.000000158. The third-order valence-electron chi connectivity index (χ3n) is 9.00. The number of nitrogens with zero attached hydrogens (tertiary/aromatic N) is 9. The number of fused-ring (bicyclic) bond motifs is 3. The molecule has 2 aliphatic rings. The standard InChI is InChI=1S/C14H18N4O.C8H16.C7H4ClN3O.C6H5N3.CCl2O/c1-17(11-7-3-2-4-8-11)14(19)18-13-10-6-5-9-12(13)15-16-18;1-2-8-6-4-3-5-7-8;8-7(12)11-6-4-2-1-3-5(6)9-10-11;1-2-4-6-5(3-1)7-9-8-6;2-1(3)4/h5-6,9-11H,2-4,7-8H2,1H3;8H,2-7H2,1H3;1-4H;1-4H,(H,7,8,9);. The number of rotatable bonds is 2. The summed E-state index contributed by atoms with van der Waals surface area (Å²) in [5.74, 6) is 1.09. The maximum Gasteiger partial charge on any atom is 0.346 e. The monoisotopic (exact) mass is 768 g/mol. The van der Waals surface area contributed by atoms with Gasteiger partial charge in [-0.15, -0.1) is 10.2 Å². The van der Waals surface area contributed by atoms with Crippen LogP contribution in [0.4, 0.5) is 14.4 Å². The molecule has 52 heavy (non-hydrogen) atoms. The minimum atomic E-state index is -0.889. The molecule has 2 aliphatic carbocycles. The molecular weight excluding hydrogens is 727 g/mol. The fourth-order valence-electron chi connectivity index (χ4n) is 6.16. The number of amides is 1. The molecule has 8 rings (SSSR count). The van der Waals surface area contributed by atoms with E-state index in [1.165, 1.54) is 62.5 Å². The van der Waals surface area contributed by atoms with Gasteiger partial charge in [-0.3, -0.25) is 9.59 Å². The number of carbonyl (C=O) groups is 3. The SMILES string of the molecule is CCC1CCCCC1.CN(C(=O)n1nnc2ccccc21)C1CCCCC1.O=C(Cl)Cl.O=C(Cl)n1nnc2ccccc21.c1ccc2n[nH]nc2c1. The van der Waals surface area contributed by atoms with Gasteiger partial charge in [0.15, 0.2) is 0 Å². The zero-order chi connectivity index (χ0) is 37.3. The van der Waals surface area contributed by atoms with E-state index in [1.54, 1.807) is 18.2 Å². The summed E-state index contributed by atoms with van der Waals surface area (Å²) in [6.45, 7) is 2.32. The Hall–Kier alpha value is -4.46. The normalized spacial score (nSPS) is 14.4. The topological polar surface area (TPSA) is 157 Å². The molecule has 13 nitrogen and oxygen atoms in total. The van der Waals surface area contributed by atoms with E-state index in [4.69, 9.17) is 16.4 Å². The van der Waals surface area contributed by atoms with Crippen LogP contribution >= 0.6 is 34.8 Å². The number of aromatic nitrogens is 9. The highest BCUT2D eigenvalue weighted by Crippen LogP contribution is 2.25. The smallest absolute Gasteiger partial charge is 0.323 e. The Morgan fingerprint density at radius 1 is 0.673 bits per heavy atom. The van der Waals surface area contributed by atoms with E-state index >= 15 is 0 Å². The summed E-state index contributed by atoms with van der Waals surface area (Å²) in [6, 6.07) is 22.6. The summed E-state index contributed by atoms with van der Waals surface area (Å²) in [5, 5.41) is 25.0. The number of H-pyrrole nitrogens is 1. The molecule has 6 aromatic rings. The van der Waals surface area contributed by atoms with Crippen LogP contribution < -0.4 is 0 Å². The van der Waals surface area contributed by atoms with Crippen molar-refractivity contribution in [1.82, 2.24) is 50.3 Å². The molecule has 1 N–H and O–H groups in total. The first kappa shape index (κ1) is 40.3. The first-order valence-electron chi connectivity index (χ1n) is 17.4.